The van der Waals surface area contributed by atoms with Crippen molar-refractivity contribution in [3.63, 3.8) is 0 Å². The van der Waals surface area contributed by atoms with Gasteiger partial charge in [0.2, 0.25) is 0 Å². The maximum Gasteiger partial charge on any atom is 0.142 e. The quantitative estimate of drug-likeness (QED) is 0.857. The van der Waals surface area contributed by atoms with Crippen molar-refractivity contribution in [1.29, 1.82) is 5.26 Å². The molecule has 1 aromatic heterocycles. The summed E-state index contributed by atoms with van der Waals surface area (Å²) in [6, 6.07) is 5.85. The molecule has 2 rings (SSSR count). The van der Waals surface area contributed by atoms with Crippen LogP contribution < -0.4 is 4.90 Å². The fourth-order valence-corrected chi connectivity index (χ4v) is 2.40. The molecule has 0 amide bonds. The Hall–Kier alpha value is -1.60. The second-order valence-corrected chi connectivity index (χ2v) is 4.48. The summed E-state index contributed by atoms with van der Waals surface area (Å²) in [5, 5.41) is 17.8. The second-order valence-electron chi connectivity index (χ2n) is 4.48. The zero-order valence-electron chi connectivity index (χ0n) is 9.84. The number of nitrogens with zero attached hydrogens (tertiary/aromatic N) is 3. The van der Waals surface area contributed by atoms with Crippen LogP contribution in [0.1, 0.15) is 25.0 Å². The first kappa shape index (κ1) is 11.9. The molecule has 17 heavy (non-hydrogen) atoms. The third-order valence-electron chi connectivity index (χ3n) is 3.28. The number of piperidine rings is 1. The highest BCUT2D eigenvalue weighted by molar-refractivity contribution is 5.49. The highest BCUT2D eigenvalue weighted by Crippen LogP contribution is 2.24. The van der Waals surface area contributed by atoms with E-state index in [1.165, 1.54) is 6.42 Å². The van der Waals surface area contributed by atoms with Crippen LogP contribution in [0.5, 0.6) is 0 Å². The van der Waals surface area contributed by atoms with Crippen molar-refractivity contribution in [2.45, 2.75) is 19.3 Å². The molecule has 1 unspecified atom stereocenters. The predicted octanol–water partition coefficient (Wildman–Crippen LogP) is 1.55. The molecule has 4 heteroatoms. The first-order chi connectivity index (χ1) is 8.33. The second kappa shape index (κ2) is 5.65. The number of rotatable bonds is 3. The van der Waals surface area contributed by atoms with E-state index in [1.54, 1.807) is 6.20 Å². The van der Waals surface area contributed by atoms with Crippen LogP contribution in [0.25, 0.3) is 0 Å². The first-order valence-corrected chi connectivity index (χ1v) is 6.05. The molecule has 0 aliphatic carbocycles. The van der Waals surface area contributed by atoms with Gasteiger partial charge in [0.25, 0.3) is 0 Å². The van der Waals surface area contributed by atoms with Crippen LogP contribution in [0.3, 0.4) is 0 Å². The number of hydrogen-bond acceptors (Lipinski definition) is 4. The van der Waals surface area contributed by atoms with Gasteiger partial charge < -0.3 is 10.0 Å². The van der Waals surface area contributed by atoms with E-state index in [2.05, 4.69) is 16.0 Å². The van der Waals surface area contributed by atoms with Crippen LogP contribution in [0, 0.1) is 17.2 Å². The van der Waals surface area contributed by atoms with E-state index >= 15 is 0 Å². The Morgan fingerprint density at radius 1 is 1.59 bits per heavy atom. The van der Waals surface area contributed by atoms with Gasteiger partial charge >= 0.3 is 0 Å². The normalized spacial score (nSPS) is 20.0. The minimum absolute atomic E-state index is 0.262. The summed E-state index contributed by atoms with van der Waals surface area (Å²) in [5.41, 5.74) is 1.53. The van der Waals surface area contributed by atoms with E-state index in [-0.39, 0.29) is 6.61 Å². The van der Waals surface area contributed by atoms with Crippen molar-refractivity contribution >= 4 is 5.69 Å². The van der Waals surface area contributed by atoms with Gasteiger partial charge in [-0.15, -0.1) is 0 Å². The molecule has 90 valence electrons. The Labute approximate surface area is 102 Å². The zero-order chi connectivity index (χ0) is 12.1. The topological polar surface area (TPSA) is 60.2 Å². The lowest BCUT2D eigenvalue weighted by atomic mass is 9.95. The Kier molecular flexibility index (Phi) is 3.94. The minimum Gasteiger partial charge on any atom is -0.396 e. The molecule has 2 heterocycles. The first-order valence-electron chi connectivity index (χ1n) is 6.05. The molecule has 1 fully saturated rings. The lowest BCUT2D eigenvalue weighted by molar-refractivity contribution is 0.244. The van der Waals surface area contributed by atoms with Crippen molar-refractivity contribution in [2.24, 2.45) is 5.92 Å². The molecule has 1 aliphatic rings. The van der Waals surface area contributed by atoms with Crippen molar-refractivity contribution in [1.82, 2.24) is 4.98 Å². The third-order valence-corrected chi connectivity index (χ3v) is 3.28. The molecule has 1 aromatic rings. The summed E-state index contributed by atoms with van der Waals surface area (Å²) in [6.45, 7) is 2.25. The number of aliphatic hydroxyl groups excluding tert-OH is 1. The van der Waals surface area contributed by atoms with Gasteiger partial charge in [-0.25, -0.2) is 4.98 Å². The van der Waals surface area contributed by atoms with Crippen LogP contribution in [-0.4, -0.2) is 29.8 Å². The fourth-order valence-electron chi connectivity index (χ4n) is 2.40. The number of nitriles is 1. The number of hydrogen-bond donors (Lipinski definition) is 1. The Morgan fingerprint density at radius 3 is 3.24 bits per heavy atom. The van der Waals surface area contributed by atoms with Gasteiger partial charge in [-0.05, 0) is 37.3 Å². The minimum atomic E-state index is 0.262. The number of aromatic nitrogens is 1. The van der Waals surface area contributed by atoms with Crippen molar-refractivity contribution in [3.8, 4) is 6.07 Å². The Morgan fingerprint density at radius 2 is 2.47 bits per heavy atom. The van der Waals surface area contributed by atoms with Gasteiger partial charge in [-0.1, -0.05) is 0 Å². The summed E-state index contributed by atoms with van der Waals surface area (Å²) >= 11 is 0. The van der Waals surface area contributed by atoms with E-state index in [0.717, 1.165) is 31.6 Å². The molecule has 1 atom stereocenters. The van der Waals surface area contributed by atoms with Gasteiger partial charge in [0.15, 0.2) is 0 Å². The molecular formula is C13H17N3O. The molecule has 1 saturated heterocycles. The zero-order valence-corrected chi connectivity index (χ0v) is 9.84. The Bertz CT molecular complexity index is 411. The average molecular weight is 231 g/mol. The molecule has 1 aliphatic heterocycles. The molecule has 1 N–H and O–H groups in total. The van der Waals surface area contributed by atoms with Crippen LogP contribution in [0.2, 0.25) is 0 Å². The van der Waals surface area contributed by atoms with Gasteiger partial charge in [0.05, 0.1) is 0 Å². The molecule has 0 spiro atoms. The highest BCUT2D eigenvalue weighted by Gasteiger charge is 2.19. The third kappa shape index (κ3) is 2.95. The van der Waals surface area contributed by atoms with Crippen molar-refractivity contribution in [2.75, 3.05) is 24.6 Å². The highest BCUT2D eigenvalue weighted by atomic mass is 16.3. The predicted molar refractivity (Wildman–Crippen MR) is 65.6 cm³/mol. The molecule has 4 nitrogen and oxygen atoms in total. The number of aliphatic hydroxyl groups is 1. The Balaban J connectivity index is 2.08. The smallest absolute Gasteiger partial charge is 0.142 e. The SMILES string of the molecule is N#Cc1cc(N2CCCC(CCO)C2)ccn1. The maximum absolute atomic E-state index is 8.99. The van der Waals surface area contributed by atoms with E-state index in [1.807, 2.05) is 12.1 Å². The fraction of sp³-hybridized carbons (Fsp3) is 0.538. The van der Waals surface area contributed by atoms with Crippen molar-refractivity contribution < 1.29 is 5.11 Å². The summed E-state index contributed by atoms with van der Waals surface area (Å²) in [4.78, 5) is 6.26. The van der Waals surface area contributed by atoms with E-state index in [0.29, 0.717) is 11.6 Å². The molecule has 0 saturated carbocycles. The maximum atomic E-state index is 8.99. The molecule has 0 radical (unpaired) electrons. The van der Waals surface area contributed by atoms with E-state index in [4.69, 9.17) is 10.4 Å². The lowest BCUT2D eigenvalue weighted by Gasteiger charge is -2.34. The lowest BCUT2D eigenvalue weighted by Crippen LogP contribution is -2.35. The van der Waals surface area contributed by atoms with Crippen LogP contribution in [0.4, 0.5) is 5.69 Å². The largest absolute Gasteiger partial charge is 0.396 e. The molecule has 0 aromatic carbocycles. The van der Waals surface area contributed by atoms with Crippen LogP contribution in [-0.2, 0) is 0 Å². The molecule has 0 bridgehead atoms. The van der Waals surface area contributed by atoms with Gasteiger partial charge in [-0.2, -0.15) is 5.26 Å². The average Bonchev–Trinajstić information content (AvgIpc) is 2.40. The summed E-state index contributed by atoms with van der Waals surface area (Å²) in [6.07, 6.45) is 4.89. The monoisotopic (exact) mass is 231 g/mol. The van der Waals surface area contributed by atoms with Gasteiger partial charge in [0.1, 0.15) is 11.8 Å². The van der Waals surface area contributed by atoms with Gasteiger partial charge in [0, 0.05) is 31.6 Å². The molecular weight excluding hydrogens is 214 g/mol. The van der Waals surface area contributed by atoms with E-state index < -0.39 is 0 Å². The van der Waals surface area contributed by atoms with Crippen LogP contribution >= 0.6 is 0 Å². The number of pyridine rings is 1. The summed E-state index contributed by atoms with van der Waals surface area (Å²) < 4.78 is 0. The van der Waals surface area contributed by atoms with E-state index in [9.17, 15) is 0 Å². The van der Waals surface area contributed by atoms with Crippen LogP contribution in [0.15, 0.2) is 18.3 Å². The van der Waals surface area contributed by atoms with Gasteiger partial charge in [-0.3, -0.25) is 0 Å². The summed E-state index contributed by atoms with van der Waals surface area (Å²) in [5.74, 6) is 0.562. The standard InChI is InChI=1S/C13H17N3O/c14-9-12-8-13(3-5-15-12)16-6-1-2-11(10-16)4-7-17/h3,5,8,11,17H,1-2,4,6-7,10H2. The van der Waals surface area contributed by atoms with Crippen molar-refractivity contribution in [3.05, 3.63) is 24.0 Å². The summed E-state index contributed by atoms with van der Waals surface area (Å²) in [7, 11) is 0. The number of anilines is 1.